The van der Waals surface area contributed by atoms with Gasteiger partial charge in [0.2, 0.25) is 5.91 Å². The molecule has 1 fully saturated rings. The average Bonchev–Trinajstić information content (AvgIpc) is 2.50. The smallest absolute Gasteiger partial charge is 0.237 e. The van der Waals surface area contributed by atoms with Gasteiger partial charge in [-0.2, -0.15) is 0 Å². The summed E-state index contributed by atoms with van der Waals surface area (Å²) >= 11 is 5.50. The van der Waals surface area contributed by atoms with Gasteiger partial charge in [0.15, 0.2) is 0 Å². The molecule has 0 aromatic rings. The van der Waals surface area contributed by atoms with E-state index >= 15 is 0 Å². The average molecular weight is 204 g/mol. The van der Waals surface area contributed by atoms with Crippen molar-refractivity contribution >= 4 is 17.5 Å². The molecule has 0 N–H and O–H groups in total. The molecular weight excluding hydrogens is 186 g/mol. The highest BCUT2D eigenvalue weighted by Gasteiger charge is 2.33. The number of amides is 1. The second-order valence-electron chi connectivity index (χ2n) is 4.83. The molecule has 0 spiro atoms. The lowest BCUT2D eigenvalue weighted by Crippen LogP contribution is -2.31. The molecule has 1 aliphatic heterocycles. The second-order valence-corrected chi connectivity index (χ2v) is 5.09. The Labute approximate surface area is 85.2 Å². The van der Waals surface area contributed by atoms with Crippen molar-refractivity contribution in [2.45, 2.75) is 27.2 Å². The second kappa shape index (κ2) is 3.87. The van der Waals surface area contributed by atoms with Crippen LogP contribution in [0.1, 0.15) is 27.2 Å². The van der Waals surface area contributed by atoms with Gasteiger partial charge >= 0.3 is 0 Å². The molecule has 0 radical (unpaired) electrons. The number of carbonyl (C=O) groups excluding carboxylic acids is 1. The summed E-state index contributed by atoms with van der Waals surface area (Å²) in [5.41, 5.74) is 0.307. The maximum absolute atomic E-state index is 11.3. The first-order valence-electron chi connectivity index (χ1n) is 4.79. The first-order valence-corrected chi connectivity index (χ1v) is 5.32. The summed E-state index contributed by atoms with van der Waals surface area (Å²) in [7, 11) is 0. The Morgan fingerprint density at radius 1 is 1.54 bits per heavy atom. The SMILES string of the molecule is CC(C)(C)C1CCN(C(=O)CCl)C1. The van der Waals surface area contributed by atoms with Crippen LogP contribution >= 0.6 is 11.6 Å². The van der Waals surface area contributed by atoms with Crippen molar-refractivity contribution in [1.82, 2.24) is 4.90 Å². The van der Waals surface area contributed by atoms with Crippen LogP contribution in [0.3, 0.4) is 0 Å². The molecule has 1 heterocycles. The number of halogens is 1. The van der Waals surface area contributed by atoms with Gasteiger partial charge in [0, 0.05) is 13.1 Å². The van der Waals surface area contributed by atoms with Crippen LogP contribution in [0.25, 0.3) is 0 Å². The molecule has 1 rings (SSSR count). The van der Waals surface area contributed by atoms with Crippen LogP contribution in [0.5, 0.6) is 0 Å². The summed E-state index contributed by atoms with van der Waals surface area (Å²) in [6.07, 6.45) is 1.12. The highest BCUT2D eigenvalue weighted by atomic mass is 35.5. The van der Waals surface area contributed by atoms with Gasteiger partial charge in [-0.1, -0.05) is 20.8 Å². The van der Waals surface area contributed by atoms with E-state index in [-0.39, 0.29) is 11.8 Å². The molecule has 1 atom stereocenters. The molecule has 3 heteroatoms. The molecule has 1 saturated heterocycles. The quantitative estimate of drug-likeness (QED) is 0.598. The monoisotopic (exact) mass is 203 g/mol. The fourth-order valence-electron chi connectivity index (χ4n) is 1.78. The predicted octanol–water partition coefficient (Wildman–Crippen LogP) is 2.12. The van der Waals surface area contributed by atoms with E-state index in [1.54, 1.807) is 0 Å². The van der Waals surface area contributed by atoms with E-state index in [0.29, 0.717) is 11.3 Å². The third-order valence-corrected chi connectivity index (χ3v) is 3.11. The molecule has 0 bridgehead atoms. The minimum Gasteiger partial charge on any atom is -0.341 e. The zero-order chi connectivity index (χ0) is 10.1. The molecule has 0 aliphatic carbocycles. The minimum atomic E-state index is 0.0772. The molecule has 1 aliphatic rings. The molecular formula is C10H18ClNO. The summed E-state index contributed by atoms with van der Waals surface area (Å²) < 4.78 is 0. The van der Waals surface area contributed by atoms with E-state index in [4.69, 9.17) is 11.6 Å². The van der Waals surface area contributed by atoms with E-state index in [9.17, 15) is 4.79 Å². The standard InChI is InChI=1S/C10H18ClNO/c1-10(2,3)8-4-5-12(7-8)9(13)6-11/h8H,4-7H2,1-3H3. The van der Waals surface area contributed by atoms with Crippen LogP contribution in [0.15, 0.2) is 0 Å². The van der Waals surface area contributed by atoms with Gasteiger partial charge in [-0.15, -0.1) is 11.6 Å². The van der Waals surface area contributed by atoms with Crippen molar-refractivity contribution in [2.75, 3.05) is 19.0 Å². The molecule has 0 saturated carbocycles. The summed E-state index contributed by atoms with van der Waals surface area (Å²) in [6.45, 7) is 8.45. The summed E-state index contributed by atoms with van der Waals surface area (Å²) in [5.74, 6) is 0.824. The van der Waals surface area contributed by atoms with Crippen LogP contribution in [-0.4, -0.2) is 29.8 Å². The Morgan fingerprint density at radius 2 is 2.15 bits per heavy atom. The van der Waals surface area contributed by atoms with Crippen molar-refractivity contribution in [1.29, 1.82) is 0 Å². The van der Waals surface area contributed by atoms with Crippen LogP contribution in [0, 0.1) is 11.3 Å². The van der Waals surface area contributed by atoms with E-state index in [1.807, 2.05) is 4.90 Å². The van der Waals surface area contributed by atoms with Gasteiger partial charge in [-0.3, -0.25) is 4.79 Å². The van der Waals surface area contributed by atoms with Crippen molar-refractivity contribution in [2.24, 2.45) is 11.3 Å². The maximum Gasteiger partial charge on any atom is 0.237 e. The minimum absolute atomic E-state index is 0.0772. The largest absolute Gasteiger partial charge is 0.341 e. The van der Waals surface area contributed by atoms with Gasteiger partial charge in [0.25, 0.3) is 0 Å². The van der Waals surface area contributed by atoms with Crippen molar-refractivity contribution in [3.8, 4) is 0 Å². The number of carbonyl (C=O) groups is 1. The lowest BCUT2D eigenvalue weighted by atomic mass is 9.80. The number of likely N-dealkylation sites (tertiary alicyclic amines) is 1. The highest BCUT2D eigenvalue weighted by Crippen LogP contribution is 2.33. The molecule has 1 amide bonds. The molecule has 76 valence electrons. The van der Waals surface area contributed by atoms with Crippen LogP contribution in [0.2, 0.25) is 0 Å². The third-order valence-electron chi connectivity index (χ3n) is 2.88. The molecule has 1 unspecified atom stereocenters. The van der Waals surface area contributed by atoms with Crippen LogP contribution < -0.4 is 0 Å². The number of rotatable bonds is 1. The Hall–Kier alpha value is -0.240. The highest BCUT2D eigenvalue weighted by molar-refractivity contribution is 6.27. The zero-order valence-electron chi connectivity index (χ0n) is 8.64. The van der Waals surface area contributed by atoms with E-state index in [0.717, 1.165) is 19.5 Å². The Kier molecular flexibility index (Phi) is 3.23. The van der Waals surface area contributed by atoms with Crippen LogP contribution in [-0.2, 0) is 4.79 Å². The van der Waals surface area contributed by atoms with Crippen molar-refractivity contribution in [3.05, 3.63) is 0 Å². The third kappa shape index (κ3) is 2.60. The lowest BCUT2D eigenvalue weighted by Gasteiger charge is -2.26. The van der Waals surface area contributed by atoms with Gasteiger partial charge in [-0.25, -0.2) is 0 Å². The normalized spacial score (nSPS) is 23.7. The van der Waals surface area contributed by atoms with Gasteiger partial charge in [-0.05, 0) is 17.8 Å². The number of alkyl halides is 1. The van der Waals surface area contributed by atoms with E-state index in [1.165, 1.54) is 0 Å². The first-order chi connectivity index (χ1) is 5.95. The Morgan fingerprint density at radius 3 is 2.54 bits per heavy atom. The molecule has 0 aromatic heterocycles. The number of hydrogen-bond donors (Lipinski definition) is 0. The molecule has 2 nitrogen and oxygen atoms in total. The van der Waals surface area contributed by atoms with E-state index < -0.39 is 0 Å². The molecule has 13 heavy (non-hydrogen) atoms. The number of hydrogen-bond acceptors (Lipinski definition) is 1. The Bertz CT molecular complexity index is 198. The molecule has 0 aromatic carbocycles. The summed E-state index contributed by atoms with van der Waals surface area (Å²) in [5, 5.41) is 0. The summed E-state index contributed by atoms with van der Waals surface area (Å²) in [4.78, 5) is 13.2. The topological polar surface area (TPSA) is 20.3 Å². The van der Waals surface area contributed by atoms with Crippen molar-refractivity contribution < 1.29 is 4.79 Å². The van der Waals surface area contributed by atoms with Gasteiger partial charge in [0.05, 0.1) is 0 Å². The van der Waals surface area contributed by atoms with Crippen molar-refractivity contribution in [3.63, 3.8) is 0 Å². The van der Waals surface area contributed by atoms with Gasteiger partial charge < -0.3 is 4.90 Å². The van der Waals surface area contributed by atoms with Crippen LogP contribution in [0.4, 0.5) is 0 Å². The van der Waals surface area contributed by atoms with E-state index in [2.05, 4.69) is 20.8 Å². The summed E-state index contributed by atoms with van der Waals surface area (Å²) in [6, 6.07) is 0. The number of nitrogens with zero attached hydrogens (tertiary/aromatic N) is 1. The fourth-order valence-corrected chi connectivity index (χ4v) is 1.95. The van der Waals surface area contributed by atoms with Gasteiger partial charge in [0.1, 0.15) is 5.88 Å². The Balaban J connectivity index is 2.50. The zero-order valence-corrected chi connectivity index (χ0v) is 9.40. The fraction of sp³-hybridized carbons (Fsp3) is 0.900. The predicted molar refractivity (Wildman–Crippen MR) is 54.9 cm³/mol. The maximum atomic E-state index is 11.3. The lowest BCUT2D eigenvalue weighted by molar-refractivity contribution is -0.127. The first kappa shape index (κ1) is 10.8.